The molecule has 0 radical (unpaired) electrons. The number of rotatable bonds is 1. The molecule has 2 rings (SSSR count). The Labute approximate surface area is 102 Å². The van der Waals surface area contributed by atoms with Gasteiger partial charge >= 0.3 is 0 Å². The number of nitrogens with one attached hydrogen (secondary N) is 2. The zero-order valence-corrected chi connectivity index (χ0v) is 9.51. The number of benzene rings is 1. The Bertz CT molecular complexity index is 382. The fourth-order valence-electron chi connectivity index (χ4n) is 1.76. The van der Waals surface area contributed by atoms with Crippen molar-refractivity contribution >= 4 is 12.4 Å². The molecule has 1 atom stereocenters. The maximum Gasteiger partial charge on any atom is 0.166 e. The molecule has 1 saturated heterocycles. The van der Waals surface area contributed by atoms with Crippen molar-refractivity contribution in [1.82, 2.24) is 10.6 Å². The van der Waals surface area contributed by atoms with Crippen molar-refractivity contribution in [2.45, 2.75) is 6.04 Å². The third-order valence-electron chi connectivity index (χ3n) is 2.54. The molecule has 0 bridgehead atoms. The van der Waals surface area contributed by atoms with Gasteiger partial charge in [-0.25, -0.2) is 17.6 Å². The highest BCUT2D eigenvalue weighted by atomic mass is 35.5. The van der Waals surface area contributed by atoms with Crippen molar-refractivity contribution in [2.24, 2.45) is 0 Å². The Morgan fingerprint density at radius 2 is 1.59 bits per heavy atom. The van der Waals surface area contributed by atoms with E-state index in [1.54, 1.807) is 0 Å². The highest BCUT2D eigenvalue weighted by Gasteiger charge is 2.26. The molecule has 0 amide bonds. The van der Waals surface area contributed by atoms with Crippen LogP contribution in [0.2, 0.25) is 0 Å². The van der Waals surface area contributed by atoms with E-state index in [-0.39, 0.29) is 25.0 Å². The van der Waals surface area contributed by atoms with Crippen LogP contribution in [0.15, 0.2) is 6.07 Å². The zero-order valence-electron chi connectivity index (χ0n) is 8.70. The molecule has 1 aliphatic rings. The van der Waals surface area contributed by atoms with Crippen LogP contribution in [0.5, 0.6) is 0 Å². The lowest BCUT2D eigenvalue weighted by molar-refractivity contribution is 0.374. The summed E-state index contributed by atoms with van der Waals surface area (Å²) in [5, 5.41) is 5.68. The quantitative estimate of drug-likeness (QED) is 0.602. The molecular formula is C10H11ClF4N2. The van der Waals surface area contributed by atoms with Gasteiger partial charge in [0.25, 0.3) is 0 Å². The topological polar surface area (TPSA) is 24.1 Å². The van der Waals surface area contributed by atoms with Crippen molar-refractivity contribution in [3.63, 3.8) is 0 Å². The van der Waals surface area contributed by atoms with Crippen LogP contribution in [0, 0.1) is 23.3 Å². The lowest BCUT2D eigenvalue weighted by Gasteiger charge is -2.25. The Morgan fingerprint density at radius 3 is 2.06 bits per heavy atom. The van der Waals surface area contributed by atoms with Crippen LogP contribution >= 0.6 is 12.4 Å². The normalized spacial score (nSPS) is 19.9. The second-order valence-corrected chi connectivity index (χ2v) is 3.59. The third-order valence-corrected chi connectivity index (χ3v) is 2.54. The minimum Gasteiger partial charge on any atom is -0.314 e. The summed E-state index contributed by atoms with van der Waals surface area (Å²) >= 11 is 0. The monoisotopic (exact) mass is 270 g/mol. The maximum absolute atomic E-state index is 13.4. The van der Waals surface area contributed by atoms with Crippen LogP contribution in [0.3, 0.4) is 0 Å². The van der Waals surface area contributed by atoms with E-state index in [1.165, 1.54) is 0 Å². The van der Waals surface area contributed by atoms with Gasteiger partial charge in [-0.05, 0) is 0 Å². The van der Waals surface area contributed by atoms with Gasteiger partial charge in [-0.1, -0.05) is 0 Å². The highest BCUT2D eigenvalue weighted by molar-refractivity contribution is 5.85. The van der Waals surface area contributed by atoms with E-state index in [0.717, 1.165) is 0 Å². The average molecular weight is 271 g/mol. The fraction of sp³-hybridized carbons (Fsp3) is 0.400. The summed E-state index contributed by atoms with van der Waals surface area (Å²) in [5.41, 5.74) is -0.579. The second kappa shape index (κ2) is 5.66. The van der Waals surface area contributed by atoms with E-state index in [9.17, 15) is 17.6 Å². The number of hydrogen-bond acceptors (Lipinski definition) is 2. The molecule has 7 heteroatoms. The van der Waals surface area contributed by atoms with Gasteiger partial charge in [-0.2, -0.15) is 0 Å². The summed E-state index contributed by atoms with van der Waals surface area (Å²) in [6.45, 7) is 1.37. The Balaban J connectivity index is 0.00000144. The van der Waals surface area contributed by atoms with E-state index in [1.807, 2.05) is 0 Å². The van der Waals surface area contributed by atoms with E-state index < -0.39 is 34.9 Å². The molecule has 0 aromatic heterocycles. The molecule has 1 heterocycles. The third kappa shape index (κ3) is 2.70. The second-order valence-electron chi connectivity index (χ2n) is 3.59. The largest absolute Gasteiger partial charge is 0.314 e. The molecule has 0 unspecified atom stereocenters. The SMILES string of the molecule is Cl.Fc1cc(F)c(F)c([C@H]2CNCCN2)c1F. The highest BCUT2D eigenvalue weighted by Crippen LogP contribution is 2.25. The minimum atomic E-state index is -1.37. The van der Waals surface area contributed by atoms with Crippen molar-refractivity contribution in [1.29, 1.82) is 0 Å². The van der Waals surface area contributed by atoms with Crippen molar-refractivity contribution in [2.75, 3.05) is 19.6 Å². The lowest BCUT2D eigenvalue weighted by Crippen LogP contribution is -2.43. The average Bonchev–Trinajstić information content (AvgIpc) is 2.28. The van der Waals surface area contributed by atoms with E-state index >= 15 is 0 Å². The van der Waals surface area contributed by atoms with Crippen LogP contribution in [-0.4, -0.2) is 19.6 Å². The predicted molar refractivity (Wildman–Crippen MR) is 57.1 cm³/mol. The van der Waals surface area contributed by atoms with Gasteiger partial charge in [0.2, 0.25) is 0 Å². The maximum atomic E-state index is 13.4. The van der Waals surface area contributed by atoms with Gasteiger partial charge in [-0.15, -0.1) is 12.4 Å². The lowest BCUT2D eigenvalue weighted by atomic mass is 10.0. The first-order chi connectivity index (χ1) is 7.61. The molecular weight excluding hydrogens is 260 g/mol. The first-order valence-electron chi connectivity index (χ1n) is 4.88. The standard InChI is InChI=1S/C10H10F4N2.ClH/c11-5-3-6(12)10(14)8(9(5)13)7-4-15-1-2-16-7;/h3,7,15-16H,1-2,4H2;1H/t7-;/m1./s1. The van der Waals surface area contributed by atoms with Crippen molar-refractivity contribution < 1.29 is 17.6 Å². The summed E-state index contributed by atoms with van der Waals surface area (Å²) in [4.78, 5) is 0. The van der Waals surface area contributed by atoms with Gasteiger partial charge in [0.15, 0.2) is 23.3 Å². The van der Waals surface area contributed by atoms with E-state index in [2.05, 4.69) is 10.6 Å². The summed E-state index contributed by atoms with van der Waals surface area (Å²) in [6, 6.07) is -0.538. The first kappa shape index (κ1) is 14.2. The molecule has 0 saturated carbocycles. The molecule has 96 valence electrons. The molecule has 1 aromatic carbocycles. The Kier molecular flexibility index (Phi) is 4.73. The van der Waals surface area contributed by atoms with E-state index in [0.29, 0.717) is 13.1 Å². The number of halogens is 5. The van der Waals surface area contributed by atoms with Crippen molar-refractivity contribution in [3.8, 4) is 0 Å². The van der Waals surface area contributed by atoms with Crippen LogP contribution in [0.1, 0.15) is 11.6 Å². The molecule has 1 aliphatic heterocycles. The molecule has 0 aliphatic carbocycles. The summed E-state index contributed by atoms with van der Waals surface area (Å²) < 4.78 is 52.6. The van der Waals surface area contributed by atoms with Gasteiger partial charge in [0, 0.05) is 31.3 Å². The fourth-order valence-corrected chi connectivity index (χ4v) is 1.76. The van der Waals surface area contributed by atoms with Gasteiger partial charge in [0.1, 0.15) is 0 Å². The summed E-state index contributed by atoms with van der Waals surface area (Å²) in [6.07, 6.45) is 0. The van der Waals surface area contributed by atoms with Crippen LogP contribution in [-0.2, 0) is 0 Å². The van der Waals surface area contributed by atoms with Gasteiger partial charge in [-0.3, -0.25) is 0 Å². The number of hydrogen-bond donors (Lipinski definition) is 2. The van der Waals surface area contributed by atoms with Crippen LogP contribution in [0.4, 0.5) is 17.6 Å². The van der Waals surface area contributed by atoms with Crippen molar-refractivity contribution in [3.05, 3.63) is 34.9 Å². The molecule has 0 spiro atoms. The van der Waals surface area contributed by atoms with Crippen LogP contribution < -0.4 is 10.6 Å². The first-order valence-corrected chi connectivity index (χ1v) is 4.88. The summed E-state index contributed by atoms with van der Waals surface area (Å²) in [5.74, 6) is -5.41. The van der Waals surface area contributed by atoms with E-state index in [4.69, 9.17) is 0 Å². The summed E-state index contributed by atoms with van der Waals surface area (Å²) in [7, 11) is 0. The molecule has 2 nitrogen and oxygen atoms in total. The minimum absolute atomic E-state index is 0. The smallest absolute Gasteiger partial charge is 0.166 e. The Morgan fingerprint density at radius 1 is 1.00 bits per heavy atom. The zero-order chi connectivity index (χ0) is 11.7. The molecule has 1 fully saturated rings. The van der Waals surface area contributed by atoms with Gasteiger partial charge in [0.05, 0.1) is 6.04 Å². The predicted octanol–water partition coefficient (Wildman–Crippen LogP) is 1.90. The van der Waals surface area contributed by atoms with Gasteiger partial charge < -0.3 is 10.6 Å². The van der Waals surface area contributed by atoms with Crippen LogP contribution in [0.25, 0.3) is 0 Å². The number of piperazine rings is 1. The molecule has 17 heavy (non-hydrogen) atoms. The Hall–Kier alpha value is -0.850. The molecule has 1 aromatic rings. The molecule has 2 N–H and O–H groups in total.